The van der Waals surface area contributed by atoms with Gasteiger partial charge in [-0.2, -0.15) is 0 Å². The zero-order valence-electron chi connectivity index (χ0n) is 14.6. The molecule has 0 spiro atoms. The molecule has 0 unspecified atom stereocenters. The van der Waals surface area contributed by atoms with E-state index in [0.29, 0.717) is 28.4 Å². The van der Waals surface area contributed by atoms with Gasteiger partial charge in [0.05, 0.1) is 5.69 Å². The molecule has 0 saturated carbocycles. The van der Waals surface area contributed by atoms with Crippen LogP contribution in [0.5, 0.6) is 6.01 Å². The Hall–Kier alpha value is -3.33. The first-order valence-corrected chi connectivity index (χ1v) is 8.52. The smallest absolute Gasteiger partial charge is 0.317 e. The molecule has 0 aliphatic carbocycles. The monoisotopic (exact) mass is 382 g/mol. The molecule has 0 aliphatic rings. The lowest BCUT2D eigenvalue weighted by atomic mass is 10.2. The Labute approximate surface area is 159 Å². The van der Waals surface area contributed by atoms with Crippen LogP contribution in [0.4, 0.5) is 0 Å². The maximum Gasteiger partial charge on any atom is 0.317 e. The van der Waals surface area contributed by atoms with Crippen molar-refractivity contribution in [2.45, 2.75) is 13.0 Å². The number of aromatic nitrogens is 8. The first kappa shape index (κ1) is 17.1. The van der Waals surface area contributed by atoms with Gasteiger partial charge in [-0.15, -0.1) is 20.1 Å². The van der Waals surface area contributed by atoms with Crippen molar-refractivity contribution in [3.8, 4) is 23.1 Å². The third-order valence-corrected chi connectivity index (χ3v) is 4.12. The van der Waals surface area contributed by atoms with E-state index in [0.717, 1.165) is 5.56 Å². The van der Waals surface area contributed by atoms with Gasteiger partial charge in [-0.25, -0.2) is 0 Å². The van der Waals surface area contributed by atoms with Crippen LogP contribution >= 0.6 is 11.6 Å². The lowest BCUT2D eigenvalue weighted by molar-refractivity contribution is 0.190. The Balaban J connectivity index is 1.53. The van der Waals surface area contributed by atoms with Gasteiger partial charge >= 0.3 is 6.01 Å². The molecule has 10 heteroatoms. The van der Waals surface area contributed by atoms with Crippen molar-refractivity contribution in [2.24, 2.45) is 7.05 Å². The molecule has 4 aromatic rings. The van der Waals surface area contributed by atoms with E-state index in [1.807, 2.05) is 38.2 Å². The lowest BCUT2D eigenvalue weighted by Gasteiger charge is -2.10. The largest absolute Gasteiger partial charge is 0.452 e. The van der Waals surface area contributed by atoms with Crippen LogP contribution < -0.4 is 4.74 Å². The molecule has 0 amide bonds. The van der Waals surface area contributed by atoms with Crippen molar-refractivity contribution in [1.29, 1.82) is 0 Å². The zero-order valence-corrected chi connectivity index (χ0v) is 15.3. The quantitative estimate of drug-likeness (QED) is 0.523. The summed E-state index contributed by atoms with van der Waals surface area (Å²) in [6, 6.07) is 11.3. The van der Waals surface area contributed by atoms with Gasteiger partial charge in [0.2, 0.25) is 5.82 Å². The van der Waals surface area contributed by atoms with Crippen LogP contribution in [-0.2, 0) is 7.05 Å². The average molecular weight is 383 g/mol. The summed E-state index contributed by atoms with van der Waals surface area (Å²) in [7, 11) is 1.83. The van der Waals surface area contributed by atoms with Crippen molar-refractivity contribution in [3.63, 3.8) is 0 Å². The van der Waals surface area contributed by atoms with E-state index in [9.17, 15) is 0 Å². The van der Waals surface area contributed by atoms with Gasteiger partial charge in [0, 0.05) is 30.0 Å². The molecule has 3 heterocycles. The molecule has 1 atom stereocenters. The Kier molecular flexibility index (Phi) is 4.51. The van der Waals surface area contributed by atoms with E-state index >= 15 is 0 Å². The normalized spacial score (nSPS) is 12.1. The highest BCUT2D eigenvalue weighted by molar-refractivity contribution is 6.30. The summed E-state index contributed by atoms with van der Waals surface area (Å²) in [5, 5.41) is 21.4. The van der Waals surface area contributed by atoms with E-state index < -0.39 is 6.10 Å². The first-order valence-electron chi connectivity index (χ1n) is 8.14. The molecule has 9 nitrogen and oxygen atoms in total. The Bertz CT molecular complexity index is 1060. The number of benzene rings is 1. The molecule has 4 rings (SSSR count). The van der Waals surface area contributed by atoms with E-state index in [-0.39, 0.29) is 0 Å². The van der Waals surface area contributed by atoms with Gasteiger partial charge in [0.1, 0.15) is 0 Å². The molecule has 3 aromatic heterocycles. The number of tetrazole rings is 1. The predicted molar refractivity (Wildman–Crippen MR) is 97.4 cm³/mol. The minimum absolute atomic E-state index is 0.355. The highest BCUT2D eigenvalue weighted by Crippen LogP contribution is 2.23. The van der Waals surface area contributed by atoms with E-state index in [4.69, 9.17) is 16.3 Å². The van der Waals surface area contributed by atoms with Gasteiger partial charge in [-0.05, 0) is 42.5 Å². The highest BCUT2D eigenvalue weighted by Gasteiger charge is 2.19. The van der Waals surface area contributed by atoms with Crippen molar-refractivity contribution in [2.75, 3.05) is 0 Å². The molecule has 0 saturated heterocycles. The number of rotatable bonds is 5. The maximum atomic E-state index is 6.01. The van der Waals surface area contributed by atoms with E-state index in [1.54, 1.807) is 29.1 Å². The van der Waals surface area contributed by atoms with Crippen molar-refractivity contribution >= 4 is 11.6 Å². The molecule has 0 N–H and O–H groups in total. The average Bonchev–Trinajstić information content (AvgIpc) is 3.31. The summed E-state index contributed by atoms with van der Waals surface area (Å²) in [5.74, 6) is 1.10. The van der Waals surface area contributed by atoms with Gasteiger partial charge in [0.25, 0.3) is 0 Å². The number of nitrogens with zero attached hydrogens (tertiary/aromatic N) is 8. The summed E-state index contributed by atoms with van der Waals surface area (Å²) in [4.78, 5) is 5.41. The third kappa shape index (κ3) is 3.49. The number of hydrogen-bond donors (Lipinski definition) is 0. The van der Waals surface area contributed by atoms with E-state index in [2.05, 4.69) is 30.6 Å². The summed E-state index contributed by atoms with van der Waals surface area (Å²) >= 11 is 6.01. The molecular formula is C17H15ClN8O. The summed E-state index contributed by atoms with van der Waals surface area (Å²) < 4.78 is 7.63. The summed E-state index contributed by atoms with van der Waals surface area (Å²) in [6.45, 7) is 1.82. The second-order valence-corrected chi connectivity index (χ2v) is 6.21. The molecule has 0 bridgehead atoms. The second kappa shape index (κ2) is 7.12. The molecule has 1 aromatic carbocycles. The van der Waals surface area contributed by atoms with E-state index in [1.165, 1.54) is 4.80 Å². The zero-order chi connectivity index (χ0) is 18.8. The Morgan fingerprint density at radius 1 is 1.07 bits per heavy atom. The minimum Gasteiger partial charge on any atom is -0.452 e. The maximum absolute atomic E-state index is 6.01. The van der Waals surface area contributed by atoms with Crippen molar-refractivity contribution < 1.29 is 4.74 Å². The van der Waals surface area contributed by atoms with Crippen LogP contribution in [0.15, 0.2) is 48.8 Å². The second-order valence-electron chi connectivity index (χ2n) is 5.78. The molecule has 0 aliphatic heterocycles. The number of hydrogen-bond acceptors (Lipinski definition) is 7. The lowest BCUT2D eigenvalue weighted by Crippen LogP contribution is -2.09. The number of halogens is 1. The Morgan fingerprint density at radius 3 is 2.67 bits per heavy atom. The van der Waals surface area contributed by atoms with Gasteiger partial charge < -0.3 is 4.74 Å². The molecule has 0 fully saturated rings. The molecule has 0 radical (unpaired) electrons. The number of pyridine rings is 1. The topological polar surface area (TPSA) is 96.4 Å². The van der Waals surface area contributed by atoms with Crippen molar-refractivity contribution in [3.05, 3.63) is 59.6 Å². The van der Waals surface area contributed by atoms with Crippen LogP contribution in [0, 0.1) is 0 Å². The van der Waals surface area contributed by atoms with Crippen LogP contribution in [0.3, 0.4) is 0 Å². The first-order chi connectivity index (χ1) is 13.1. The minimum atomic E-state index is -0.467. The molecule has 27 heavy (non-hydrogen) atoms. The van der Waals surface area contributed by atoms with Crippen LogP contribution in [0.1, 0.15) is 18.9 Å². The van der Waals surface area contributed by atoms with Gasteiger partial charge in [-0.1, -0.05) is 22.8 Å². The van der Waals surface area contributed by atoms with Crippen molar-refractivity contribution in [1.82, 2.24) is 40.0 Å². The standard InChI is InChI=1S/C17H15ClN8O/c1-11(15-20-24-26(23-15)14-5-3-4-13(18)10-14)27-17-22-21-16(25(17)2)12-6-8-19-9-7-12/h3-11H,1-2H3/t11-/m1/s1. The van der Waals surface area contributed by atoms with Crippen LogP contribution in [0.2, 0.25) is 5.02 Å². The fourth-order valence-corrected chi connectivity index (χ4v) is 2.66. The van der Waals surface area contributed by atoms with Gasteiger partial charge in [0.15, 0.2) is 11.9 Å². The summed E-state index contributed by atoms with van der Waals surface area (Å²) in [5.41, 5.74) is 1.61. The number of ether oxygens (including phenoxy) is 1. The van der Waals surface area contributed by atoms with Crippen LogP contribution in [0.25, 0.3) is 17.1 Å². The predicted octanol–water partition coefficient (Wildman–Crippen LogP) is 2.65. The fourth-order valence-electron chi connectivity index (χ4n) is 2.48. The molecule has 136 valence electrons. The summed E-state index contributed by atoms with van der Waals surface area (Å²) in [6.07, 6.45) is 2.93. The SMILES string of the molecule is C[C@@H](Oc1nnc(-c2ccncc2)n1C)c1nnn(-c2cccc(Cl)c2)n1. The van der Waals surface area contributed by atoms with Gasteiger partial charge in [-0.3, -0.25) is 9.55 Å². The fraction of sp³-hybridized carbons (Fsp3) is 0.176. The van der Waals surface area contributed by atoms with Crippen LogP contribution in [-0.4, -0.2) is 40.0 Å². The highest BCUT2D eigenvalue weighted by atomic mass is 35.5. The third-order valence-electron chi connectivity index (χ3n) is 3.89. The molecular weight excluding hydrogens is 368 g/mol. The Morgan fingerprint density at radius 2 is 1.89 bits per heavy atom.